The van der Waals surface area contributed by atoms with Gasteiger partial charge in [0.2, 0.25) is 0 Å². The van der Waals surface area contributed by atoms with Gasteiger partial charge in [-0.15, -0.1) is 0 Å². The van der Waals surface area contributed by atoms with Crippen molar-refractivity contribution >= 4 is 0 Å². The number of rotatable bonds is 2. The fraction of sp³-hybridized carbons (Fsp3) is 0.538. The van der Waals surface area contributed by atoms with Crippen molar-refractivity contribution in [1.29, 1.82) is 0 Å². The quantitative estimate of drug-likeness (QED) is 0.796. The average Bonchev–Trinajstić information content (AvgIpc) is 2.60. The van der Waals surface area contributed by atoms with Gasteiger partial charge in [-0.05, 0) is 37.8 Å². The van der Waals surface area contributed by atoms with Crippen LogP contribution < -0.4 is 10.1 Å². The summed E-state index contributed by atoms with van der Waals surface area (Å²) in [7, 11) is 0. The Balaban J connectivity index is 1.65. The molecule has 0 amide bonds. The molecule has 1 aromatic carbocycles. The SMILES string of the molecule is c1ccc(OC2CC3CCC(C2)N3)cc1. The lowest BCUT2D eigenvalue weighted by Crippen LogP contribution is -2.42. The van der Waals surface area contributed by atoms with E-state index in [1.54, 1.807) is 0 Å². The first-order valence-corrected chi connectivity index (χ1v) is 5.88. The Morgan fingerprint density at radius 1 is 1.00 bits per heavy atom. The molecule has 0 radical (unpaired) electrons. The van der Waals surface area contributed by atoms with E-state index < -0.39 is 0 Å². The first kappa shape index (κ1) is 9.22. The number of hydrogen-bond acceptors (Lipinski definition) is 2. The minimum absolute atomic E-state index is 0.422. The summed E-state index contributed by atoms with van der Waals surface area (Å²) < 4.78 is 6.00. The third-order valence-electron chi connectivity index (χ3n) is 3.48. The molecule has 1 aromatic rings. The molecule has 2 saturated heterocycles. The van der Waals surface area contributed by atoms with Gasteiger partial charge in [0.1, 0.15) is 11.9 Å². The molecule has 0 saturated carbocycles. The lowest BCUT2D eigenvalue weighted by molar-refractivity contribution is 0.137. The Kier molecular flexibility index (Phi) is 2.37. The van der Waals surface area contributed by atoms with Crippen LogP contribution in [0.4, 0.5) is 0 Å². The Bertz CT molecular complexity index is 313. The Morgan fingerprint density at radius 3 is 2.33 bits per heavy atom. The van der Waals surface area contributed by atoms with E-state index >= 15 is 0 Å². The van der Waals surface area contributed by atoms with E-state index in [2.05, 4.69) is 5.32 Å². The van der Waals surface area contributed by atoms with Gasteiger partial charge in [0, 0.05) is 12.1 Å². The molecule has 3 rings (SSSR count). The number of piperidine rings is 1. The number of para-hydroxylation sites is 1. The van der Waals surface area contributed by atoms with Crippen molar-refractivity contribution in [2.24, 2.45) is 0 Å². The normalized spacial score (nSPS) is 34.0. The van der Waals surface area contributed by atoms with Crippen LogP contribution in [0.25, 0.3) is 0 Å². The van der Waals surface area contributed by atoms with Crippen molar-refractivity contribution in [3.8, 4) is 5.75 Å². The lowest BCUT2D eigenvalue weighted by atomic mass is 10.0. The highest BCUT2D eigenvalue weighted by atomic mass is 16.5. The summed E-state index contributed by atoms with van der Waals surface area (Å²) >= 11 is 0. The van der Waals surface area contributed by atoms with E-state index in [1.165, 1.54) is 25.7 Å². The maximum Gasteiger partial charge on any atom is 0.119 e. The van der Waals surface area contributed by atoms with Crippen LogP contribution in [0.1, 0.15) is 25.7 Å². The van der Waals surface area contributed by atoms with Crippen LogP contribution in [-0.4, -0.2) is 18.2 Å². The van der Waals surface area contributed by atoms with Crippen molar-refractivity contribution in [2.75, 3.05) is 0 Å². The third kappa shape index (κ3) is 2.00. The van der Waals surface area contributed by atoms with E-state index in [0.717, 1.165) is 5.75 Å². The maximum atomic E-state index is 6.00. The van der Waals surface area contributed by atoms with E-state index in [0.29, 0.717) is 18.2 Å². The molecule has 2 heterocycles. The number of benzene rings is 1. The second-order valence-corrected chi connectivity index (χ2v) is 4.66. The summed E-state index contributed by atoms with van der Waals surface area (Å²) in [6.07, 6.45) is 5.43. The third-order valence-corrected chi connectivity index (χ3v) is 3.48. The van der Waals surface area contributed by atoms with E-state index in [4.69, 9.17) is 4.74 Å². The lowest BCUT2D eigenvalue weighted by Gasteiger charge is -2.29. The molecule has 2 aliphatic heterocycles. The number of ether oxygens (including phenoxy) is 1. The molecule has 80 valence electrons. The van der Waals surface area contributed by atoms with Crippen molar-refractivity contribution in [3.05, 3.63) is 30.3 Å². The molecule has 2 atom stereocenters. The van der Waals surface area contributed by atoms with Gasteiger partial charge in [0.15, 0.2) is 0 Å². The first-order valence-electron chi connectivity index (χ1n) is 5.88. The predicted octanol–water partition coefficient (Wildman–Crippen LogP) is 2.35. The summed E-state index contributed by atoms with van der Waals surface area (Å²) in [5, 5.41) is 3.63. The zero-order chi connectivity index (χ0) is 10.1. The standard InChI is InChI=1S/C13H17NO/c1-2-4-12(5-3-1)15-13-8-10-6-7-11(9-13)14-10/h1-5,10-11,13-14H,6-9H2. The Hall–Kier alpha value is -1.02. The molecular formula is C13H17NO. The highest BCUT2D eigenvalue weighted by Crippen LogP contribution is 2.29. The topological polar surface area (TPSA) is 21.3 Å². The van der Waals surface area contributed by atoms with Crippen LogP contribution in [0, 0.1) is 0 Å². The molecule has 0 aliphatic carbocycles. The first-order chi connectivity index (χ1) is 7.40. The molecule has 0 aromatic heterocycles. The van der Waals surface area contributed by atoms with Gasteiger partial charge in [-0.3, -0.25) is 0 Å². The minimum atomic E-state index is 0.422. The van der Waals surface area contributed by atoms with Crippen LogP contribution in [0.3, 0.4) is 0 Å². The summed E-state index contributed by atoms with van der Waals surface area (Å²) in [4.78, 5) is 0. The Morgan fingerprint density at radius 2 is 1.67 bits per heavy atom. The molecular weight excluding hydrogens is 186 g/mol. The molecule has 15 heavy (non-hydrogen) atoms. The van der Waals surface area contributed by atoms with Gasteiger partial charge in [-0.1, -0.05) is 18.2 Å². The van der Waals surface area contributed by atoms with E-state index in [-0.39, 0.29) is 0 Å². The van der Waals surface area contributed by atoms with Crippen molar-refractivity contribution in [2.45, 2.75) is 43.9 Å². The molecule has 2 nitrogen and oxygen atoms in total. The zero-order valence-corrected chi connectivity index (χ0v) is 8.86. The van der Waals surface area contributed by atoms with Crippen molar-refractivity contribution < 1.29 is 4.74 Å². The van der Waals surface area contributed by atoms with Crippen LogP contribution in [0.15, 0.2) is 30.3 Å². The number of fused-ring (bicyclic) bond motifs is 2. The van der Waals surface area contributed by atoms with Crippen LogP contribution in [-0.2, 0) is 0 Å². The van der Waals surface area contributed by atoms with Gasteiger partial charge in [0.05, 0.1) is 0 Å². The smallest absolute Gasteiger partial charge is 0.119 e. The Labute approximate surface area is 90.6 Å². The molecule has 2 fully saturated rings. The van der Waals surface area contributed by atoms with Crippen LogP contribution in [0.5, 0.6) is 5.75 Å². The summed E-state index contributed by atoms with van der Waals surface area (Å²) in [5.41, 5.74) is 0. The molecule has 2 heteroatoms. The number of hydrogen-bond donors (Lipinski definition) is 1. The van der Waals surface area contributed by atoms with Crippen LogP contribution >= 0.6 is 0 Å². The van der Waals surface area contributed by atoms with Gasteiger partial charge in [-0.2, -0.15) is 0 Å². The van der Waals surface area contributed by atoms with Crippen molar-refractivity contribution in [3.63, 3.8) is 0 Å². The fourth-order valence-corrected chi connectivity index (χ4v) is 2.79. The second kappa shape index (κ2) is 3.86. The monoisotopic (exact) mass is 203 g/mol. The van der Waals surface area contributed by atoms with E-state index in [1.807, 2.05) is 30.3 Å². The van der Waals surface area contributed by atoms with Gasteiger partial charge < -0.3 is 10.1 Å². The van der Waals surface area contributed by atoms with E-state index in [9.17, 15) is 0 Å². The summed E-state index contributed by atoms with van der Waals surface area (Å²) in [6.45, 7) is 0. The predicted molar refractivity (Wildman–Crippen MR) is 60.0 cm³/mol. The second-order valence-electron chi connectivity index (χ2n) is 4.66. The minimum Gasteiger partial charge on any atom is -0.490 e. The van der Waals surface area contributed by atoms with Crippen molar-refractivity contribution in [1.82, 2.24) is 5.32 Å². The molecule has 0 spiro atoms. The molecule has 1 N–H and O–H groups in total. The fourth-order valence-electron chi connectivity index (χ4n) is 2.79. The van der Waals surface area contributed by atoms with Crippen LogP contribution in [0.2, 0.25) is 0 Å². The molecule has 2 unspecified atom stereocenters. The molecule has 2 aliphatic rings. The maximum absolute atomic E-state index is 6.00. The average molecular weight is 203 g/mol. The largest absolute Gasteiger partial charge is 0.490 e. The highest BCUT2D eigenvalue weighted by Gasteiger charge is 2.34. The molecule has 2 bridgehead atoms. The zero-order valence-electron chi connectivity index (χ0n) is 8.86. The van der Waals surface area contributed by atoms with Gasteiger partial charge >= 0.3 is 0 Å². The number of nitrogens with one attached hydrogen (secondary N) is 1. The highest BCUT2D eigenvalue weighted by molar-refractivity contribution is 5.21. The van der Waals surface area contributed by atoms with Gasteiger partial charge in [-0.25, -0.2) is 0 Å². The summed E-state index contributed by atoms with van der Waals surface area (Å²) in [5.74, 6) is 1.02. The summed E-state index contributed by atoms with van der Waals surface area (Å²) in [6, 6.07) is 11.6. The van der Waals surface area contributed by atoms with Gasteiger partial charge in [0.25, 0.3) is 0 Å².